The molecule has 15 heavy (non-hydrogen) atoms. The monoisotopic (exact) mass is 224 g/mol. The van der Waals surface area contributed by atoms with Crippen LogP contribution in [0.4, 0.5) is 13.2 Å². The molecule has 1 fully saturated rings. The van der Waals surface area contributed by atoms with Gasteiger partial charge in [-0.2, -0.15) is 13.2 Å². The lowest BCUT2D eigenvalue weighted by Gasteiger charge is -2.25. The molecule has 0 radical (unpaired) electrons. The molecule has 1 saturated heterocycles. The summed E-state index contributed by atoms with van der Waals surface area (Å²) in [7, 11) is 0. The van der Waals surface area contributed by atoms with Gasteiger partial charge in [-0.05, 0) is 26.3 Å². The first-order valence-corrected chi connectivity index (χ1v) is 5.03. The summed E-state index contributed by atoms with van der Waals surface area (Å²) in [4.78, 5) is 12.5. The lowest BCUT2D eigenvalue weighted by Crippen LogP contribution is -2.47. The van der Waals surface area contributed by atoms with Gasteiger partial charge in [0.25, 0.3) is 0 Å². The minimum absolute atomic E-state index is 0.0938. The SMILES string of the molecule is CCN(CC(F)(F)F)C(=O)[C@@H]1CCCN1. The zero-order valence-electron chi connectivity index (χ0n) is 8.60. The Bertz CT molecular complexity index is 224. The quantitative estimate of drug-likeness (QED) is 0.780. The van der Waals surface area contributed by atoms with Gasteiger partial charge in [-0.15, -0.1) is 0 Å². The molecular weight excluding hydrogens is 209 g/mol. The third kappa shape index (κ3) is 3.70. The van der Waals surface area contributed by atoms with Crippen LogP contribution in [0.25, 0.3) is 0 Å². The van der Waals surface area contributed by atoms with Crippen LogP contribution in [0.3, 0.4) is 0 Å². The largest absolute Gasteiger partial charge is 0.406 e. The van der Waals surface area contributed by atoms with Gasteiger partial charge in [0.05, 0.1) is 6.04 Å². The molecule has 6 heteroatoms. The van der Waals surface area contributed by atoms with Crippen LogP contribution in [0.2, 0.25) is 0 Å². The van der Waals surface area contributed by atoms with Crippen LogP contribution in [-0.4, -0.2) is 42.7 Å². The molecule has 1 rings (SSSR count). The first-order chi connectivity index (χ1) is 6.94. The van der Waals surface area contributed by atoms with E-state index in [-0.39, 0.29) is 6.54 Å². The molecule has 1 N–H and O–H groups in total. The van der Waals surface area contributed by atoms with Crippen molar-refractivity contribution in [2.24, 2.45) is 0 Å². The summed E-state index contributed by atoms with van der Waals surface area (Å²) in [6.45, 7) is 1.20. The van der Waals surface area contributed by atoms with Crippen LogP contribution in [0.5, 0.6) is 0 Å². The number of halogens is 3. The van der Waals surface area contributed by atoms with Crippen molar-refractivity contribution >= 4 is 5.91 Å². The highest BCUT2D eigenvalue weighted by molar-refractivity contribution is 5.82. The molecule has 1 heterocycles. The highest BCUT2D eigenvalue weighted by atomic mass is 19.4. The zero-order chi connectivity index (χ0) is 11.5. The summed E-state index contributed by atoms with van der Waals surface area (Å²) >= 11 is 0. The number of likely N-dealkylation sites (N-methyl/N-ethyl adjacent to an activating group) is 1. The number of carbonyl (C=O) groups excluding carboxylic acids is 1. The minimum atomic E-state index is -4.32. The van der Waals surface area contributed by atoms with E-state index >= 15 is 0 Å². The van der Waals surface area contributed by atoms with Crippen LogP contribution in [0, 0.1) is 0 Å². The Labute approximate surface area is 86.6 Å². The Morgan fingerprint density at radius 3 is 2.60 bits per heavy atom. The van der Waals surface area contributed by atoms with Gasteiger partial charge in [-0.1, -0.05) is 0 Å². The average Bonchev–Trinajstić information content (AvgIpc) is 2.64. The number of hydrogen-bond acceptors (Lipinski definition) is 2. The fourth-order valence-electron chi connectivity index (χ4n) is 1.68. The summed E-state index contributed by atoms with van der Waals surface area (Å²) in [6, 6.07) is -0.424. The van der Waals surface area contributed by atoms with Gasteiger partial charge in [0, 0.05) is 6.54 Å². The molecule has 0 saturated carbocycles. The maximum absolute atomic E-state index is 12.1. The fraction of sp³-hybridized carbons (Fsp3) is 0.889. The number of hydrogen-bond donors (Lipinski definition) is 1. The number of carbonyl (C=O) groups is 1. The third-order valence-electron chi connectivity index (χ3n) is 2.42. The summed E-state index contributed by atoms with van der Waals surface area (Å²) in [5.41, 5.74) is 0. The van der Waals surface area contributed by atoms with Crippen LogP contribution in [-0.2, 0) is 4.79 Å². The van der Waals surface area contributed by atoms with Crippen LogP contribution < -0.4 is 5.32 Å². The van der Waals surface area contributed by atoms with Gasteiger partial charge in [0.15, 0.2) is 0 Å². The topological polar surface area (TPSA) is 32.3 Å². The molecule has 1 atom stereocenters. The normalized spacial score (nSPS) is 21.7. The van der Waals surface area contributed by atoms with E-state index in [9.17, 15) is 18.0 Å². The molecule has 0 aromatic heterocycles. The fourth-order valence-corrected chi connectivity index (χ4v) is 1.68. The molecule has 0 spiro atoms. The van der Waals surface area contributed by atoms with Crippen LogP contribution in [0.15, 0.2) is 0 Å². The van der Waals surface area contributed by atoms with E-state index in [1.54, 1.807) is 6.92 Å². The van der Waals surface area contributed by atoms with E-state index in [0.29, 0.717) is 13.0 Å². The molecule has 0 bridgehead atoms. The van der Waals surface area contributed by atoms with Gasteiger partial charge < -0.3 is 10.2 Å². The van der Waals surface area contributed by atoms with Crippen molar-refractivity contribution in [1.29, 1.82) is 0 Å². The lowest BCUT2D eigenvalue weighted by molar-refractivity contribution is -0.161. The zero-order valence-corrected chi connectivity index (χ0v) is 8.60. The predicted molar refractivity (Wildman–Crippen MR) is 49.3 cm³/mol. The average molecular weight is 224 g/mol. The molecule has 88 valence electrons. The summed E-state index contributed by atoms with van der Waals surface area (Å²) < 4.78 is 36.4. The Balaban J connectivity index is 2.53. The second-order valence-corrected chi connectivity index (χ2v) is 3.62. The third-order valence-corrected chi connectivity index (χ3v) is 2.42. The van der Waals surface area contributed by atoms with Gasteiger partial charge in [-0.25, -0.2) is 0 Å². The first-order valence-electron chi connectivity index (χ1n) is 5.03. The Hall–Kier alpha value is -0.780. The van der Waals surface area contributed by atoms with Crippen molar-refractivity contribution in [2.75, 3.05) is 19.6 Å². The van der Waals surface area contributed by atoms with Crippen molar-refractivity contribution in [1.82, 2.24) is 10.2 Å². The van der Waals surface area contributed by atoms with Gasteiger partial charge in [0.1, 0.15) is 6.54 Å². The van der Waals surface area contributed by atoms with Crippen LogP contribution >= 0.6 is 0 Å². The van der Waals surface area contributed by atoms with Gasteiger partial charge >= 0.3 is 6.18 Å². The van der Waals surface area contributed by atoms with Crippen molar-refractivity contribution in [3.8, 4) is 0 Å². The number of nitrogens with zero attached hydrogens (tertiary/aromatic N) is 1. The van der Waals surface area contributed by atoms with Crippen molar-refractivity contribution < 1.29 is 18.0 Å². The number of alkyl halides is 3. The summed E-state index contributed by atoms with van der Waals surface area (Å²) in [5, 5.41) is 2.90. The minimum Gasteiger partial charge on any atom is -0.333 e. The molecule has 0 aromatic rings. The second-order valence-electron chi connectivity index (χ2n) is 3.62. The van der Waals surface area contributed by atoms with Crippen molar-refractivity contribution in [3.63, 3.8) is 0 Å². The summed E-state index contributed by atoms with van der Waals surface area (Å²) in [5.74, 6) is -0.438. The summed E-state index contributed by atoms with van der Waals surface area (Å²) in [6.07, 6.45) is -2.84. The van der Waals surface area contributed by atoms with E-state index in [1.165, 1.54) is 0 Å². The highest BCUT2D eigenvalue weighted by Gasteiger charge is 2.35. The maximum Gasteiger partial charge on any atom is 0.406 e. The molecule has 3 nitrogen and oxygen atoms in total. The maximum atomic E-state index is 12.1. The highest BCUT2D eigenvalue weighted by Crippen LogP contribution is 2.18. The molecule has 0 aliphatic carbocycles. The van der Waals surface area contributed by atoms with Crippen LogP contribution in [0.1, 0.15) is 19.8 Å². The molecule has 1 amide bonds. The van der Waals surface area contributed by atoms with E-state index in [4.69, 9.17) is 0 Å². The van der Waals surface area contributed by atoms with E-state index in [2.05, 4.69) is 5.32 Å². The van der Waals surface area contributed by atoms with E-state index in [1.807, 2.05) is 0 Å². The standard InChI is InChI=1S/C9H15F3N2O/c1-2-14(6-9(10,11)12)8(15)7-4-3-5-13-7/h7,13H,2-6H2,1H3/t7-/m0/s1. The van der Waals surface area contributed by atoms with Crippen molar-refractivity contribution in [3.05, 3.63) is 0 Å². The number of rotatable bonds is 3. The van der Waals surface area contributed by atoms with E-state index in [0.717, 1.165) is 11.3 Å². The molecular formula is C9H15F3N2O. The second kappa shape index (κ2) is 4.83. The number of nitrogens with one attached hydrogen (secondary N) is 1. The molecule has 0 unspecified atom stereocenters. The molecule has 1 aliphatic heterocycles. The molecule has 1 aliphatic rings. The molecule has 0 aromatic carbocycles. The van der Waals surface area contributed by atoms with Gasteiger partial charge in [0.2, 0.25) is 5.91 Å². The Morgan fingerprint density at radius 1 is 1.53 bits per heavy atom. The lowest BCUT2D eigenvalue weighted by atomic mass is 10.2. The Kier molecular flexibility index (Phi) is 3.96. The van der Waals surface area contributed by atoms with Crippen molar-refractivity contribution in [2.45, 2.75) is 32.0 Å². The van der Waals surface area contributed by atoms with Gasteiger partial charge in [-0.3, -0.25) is 4.79 Å². The first kappa shape index (κ1) is 12.3. The number of amides is 1. The van der Waals surface area contributed by atoms with E-state index < -0.39 is 24.7 Å². The predicted octanol–water partition coefficient (Wildman–Crippen LogP) is 1.15. The Morgan fingerprint density at radius 2 is 2.20 bits per heavy atom. The smallest absolute Gasteiger partial charge is 0.333 e.